The van der Waals surface area contributed by atoms with E-state index >= 15 is 0 Å². The predicted octanol–water partition coefficient (Wildman–Crippen LogP) is 4.35. The number of alkyl halides is 4. The third kappa shape index (κ3) is 4.11. The third-order valence-electron chi connectivity index (χ3n) is 3.50. The maximum Gasteiger partial charge on any atom is 0.416 e. The summed E-state index contributed by atoms with van der Waals surface area (Å²) < 4.78 is 37.7. The molecule has 5 heteroatoms. The zero-order chi connectivity index (χ0) is 13.9. The lowest BCUT2D eigenvalue weighted by molar-refractivity contribution is -0.137. The second-order valence-corrected chi connectivity index (χ2v) is 5.55. The number of hydrogen-bond acceptors (Lipinski definition) is 1. The van der Waals surface area contributed by atoms with Gasteiger partial charge in [0.05, 0.1) is 5.56 Å². The van der Waals surface area contributed by atoms with E-state index in [1.165, 1.54) is 12.1 Å². The van der Waals surface area contributed by atoms with Crippen LogP contribution in [0.4, 0.5) is 13.2 Å². The second kappa shape index (κ2) is 6.14. The summed E-state index contributed by atoms with van der Waals surface area (Å²) in [6, 6.07) is 5.63. The molecule has 1 N–H and O–H groups in total. The van der Waals surface area contributed by atoms with Crippen LogP contribution in [0.2, 0.25) is 0 Å². The monoisotopic (exact) mass is 291 g/mol. The average Bonchev–Trinajstić information content (AvgIpc) is 2.37. The Bertz CT molecular complexity index is 419. The van der Waals surface area contributed by atoms with Crippen LogP contribution in [-0.2, 0) is 12.7 Å². The number of rotatable bonds is 3. The first-order valence-electron chi connectivity index (χ1n) is 6.50. The molecule has 2 atom stereocenters. The molecule has 19 heavy (non-hydrogen) atoms. The van der Waals surface area contributed by atoms with Crippen molar-refractivity contribution in [3.63, 3.8) is 0 Å². The first-order chi connectivity index (χ1) is 8.97. The van der Waals surface area contributed by atoms with Gasteiger partial charge in [-0.25, -0.2) is 0 Å². The molecule has 0 saturated heterocycles. The van der Waals surface area contributed by atoms with Crippen molar-refractivity contribution >= 4 is 11.6 Å². The molecule has 2 unspecified atom stereocenters. The zero-order valence-corrected chi connectivity index (χ0v) is 11.3. The van der Waals surface area contributed by atoms with Gasteiger partial charge in [-0.3, -0.25) is 0 Å². The highest BCUT2D eigenvalue weighted by atomic mass is 35.5. The quantitative estimate of drug-likeness (QED) is 0.817. The van der Waals surface area contributed by atoms with Crippen LogP contribution in [0.3, 0.4) is 0 Å². The molecule has 1 nitrogen and oxygen atoms in total. The summed E-state index contributed by atoms with van der Waals surface area (Å²) in [5, 5.41) is 3.35. The summed E-state index contributed by atoms with van der Waals surface area (Å²) in [6.07, 6.45) is -0.0514. The molecule has 1 saturated carbocycles. The lowest BCUT2D eigenvalue weighted by Gasteiger charge is -2.28. The summed E-state index contributed by atoms with van der Waals surface area (Å²) in [4.78, 5) is 0. The van der Waals surface area contributed by atoms with Crippen LogP contribution in [0.1, 0.15) is 36.8 Å². The molecule has 2 rings (SSSR count). The van der Waals surface area contributed by atoms with Crippen molar-refractivity contribution in [3.05, 3.63) is 35.4 Å². The first kappa shape index (κ1) is 14.7. The van der Waals surface area contributed by atoms with Gasteiger partial charge < -0.3 is 5.32 Å². The van der Waals surface area contributed by atoms with Gasteiger partial charge in [-0.2, -0.15) is 13.2 Å². The molecule has 0 spiro atoms. The zero-order valence-electron chi connectivity index (χ0n) is 10.5. The molecule has 0 amide bonds. The molecule has 0 aromatic heterocycles. The van der Waals surface area contributed by atoms with Crippen LogP contribution in [0.5, 0.6) is 0 Å². The van der Waals surface area contributed by atoms with Gasteiger partial charge >= 0.3 is 6.18 Å². The van der Waals surface area contributed by atoms with Crippen molar-refractivity contribution < 1.29 is 13.2 Å². The fourth-order valence-corrected chi connectivity index (χ4v) is 2.79. The van der Waals surface area contributed by atoms with Gasteiger partial charge in [-0.1, -0.05) is 31.0 Å². The number of hydrogen-bond donors (Lipinski definition) is 1. The third-order valence-corrected chi connectivity index (χ3v) is 4.03. The highest BCUT2D eigenvalue weighted by molar-refractivity contribution is 6.21. The summed E-state index contributed by atoms with van der Waals surface area (Å²) in [6.45, 7) is 0.428. The second-order valence-electron chi connectivity index (χ2n) is 4.99. The van der Waals surface area contributed by atoms with Crippen molar-refractivity contribution in [2.75, 3.05) is 0 Å². The Labute approximate surface area is 116 Å². The van der Waals surface area contributed by atoms with Gasteiger partial charge in [0.25, 0.3) is 0 Å². The number of benzene rings is 1. The number of nitrogens with one attached hydrogen (secondary N) is 1. The van der Waals surface area contributed by atoms with E-state index in [0.29, 0.717) is 12.1 Å². The summed E-state index contributed by atoms with van der Waals surface area (Å²) in [5.41, 5.74) is 0.0436. The van der Waals surface area contributed by atoms with E-state index in [1.54, 1.807) is 6.07 Å². The summed E-state index contributed by atoms with van der Waals surface area (Å²) in [5.74, 6) is 0. The van der Waals surface area contributed by atoms with Crippen molar-refractivity contribution in [3.8, 4) is 0 Å². The lowest BCUT2D eigenvalue weighted by atomic mass is 9.94. The lowest BCUT2D eigenvalue weighted by Crippen LogP contribution is -2.38. The fraction of sp³-hybridized carbons (Fsp3) is 0.571. The maximum atomic E-state index is 12.6. The minimum absolute atomic E-state index is 0.0829. The summed E-state index contributed by atoms with van der Waals surface area (Å²) in [7, 11) is 0. The van der Waals surface area contributed by atoms with Crippen LogP contribution >= 0.6 is 11.6 Å². The molecular weight excluding hydrogens is 275 g/mol. The molecule has 1 fully saturated rings. The Morgan fingerprint density at radius 1 is 1.21 bits per heavy atom. The van der Waals surface area contributed by atoms with Crippen LogP contribution in [-0.4, -0.2) is 11.4 Å². The minimum atomic E-state index is -4.28. The van der Waals surface area contributed by atoms with Crippen LogP contribution in [0.15, 0.2) is 24.3 Å². The fourth-order valence-electron chi connectivity index (χ4n) is 2.42. The normalized spacial score (nSPS) is 24.4. The standard InChI is InChI=1S/C14H17ClF3N/c15-12-6-1-2-7-13(12)19-9-10-4-3-5-11(8-10)14(16,17)18/h3-5,8,12-13,19H,1-2,6-7,9H2. The van der Waals surface area contributed by atoms with Gasteiger partial charge in [0.2, 0.25) is 0 Å². The predicted molar refractivity (Wildman–Crippen MR) is 70.2 cm³/mol. The molecular formula is C14H17ClF3N. The Hall–Kier alpha value is -0.740. The van der Waals surface area contributed by atoms with Gasteiger partial charge in [-0.05, 0) is 24.5 Å². The van der Waals surface area contributed by atoms with E-state index in [0.717, 1.165) is 31.7 Å². The van der Waals surface area contributed by atoms with E-state index in [9.17, 15) is 13.2 Å². The van der Waals surface area contributed by atoms with Gasteiger partial charge in [0, 0.05) is 18.0 Å². The van der Waals surface area contributed by atoms with Crippen LogP contribution in [0.25, 0.3) is 0 Å². The Morgan fingerprint density at radius 3 is 2.63 bits per heavy atom. The largest absolute Gasteiger partial charge is 0.416 e. The van der Waals surface area contributed by atoms with Crippen molar-refractivity contribution in [2.24, 2.45) is 0 Å². The van der Waals surface area contributed by atoms with Crippen LogP contribution < -0.4 is 5.32 Å². The molecule has 0 aliphatic heterocycles. The maximum absolute atomic E-state index is 12.6. The Morgan fingerprint density at radius 2 is 1.95 bits per heavy atom. The molecule has 1 aromatic carbocycles. The van der Waals surface area contributed by atoms with E-state index in [2.05, 4.69) is 5.32 Å². The average molecular weight is 292 g/mol. The van der Waals surface area contributed by atoms with Crippen molar-refractivity contribution in [1.82, 2.24) is 5.32 Å². The van der Waals surface area contributed by atoms with E-state index in [4.69, 9.17) is 11.6 Å². The molecule has 0 radical (unpaired) electrons. The van der Waals surface area contributed by atoms with Crippen molar-refractivity contribution in [2.45, 2.75) is 49.8 Å². The first-order valence-corrected chi connectivity index (χ1v) is 6.94. The van der Waals surface area contributed by atoms with E-state index in [1.807, 2.05) is 0 Å². The highest BCUT2D eigenvalue weighted by Gasteiger charge is 2.30. The van der Waals surface area contributed by atoms with Gasteiger partial charge in [0.1, 0.15) is 0 Å². The Balaban J connectivity index is 1.96. The van der Waals surface area contributed by atoms with Gasteiger partial charge in [-0.15, -0.1) is 11.6 Å². The molecule has 106 valence electrons. The SMILES string of the molecule is FC(F)(F)c1cccc(CNC2CCCCC2Cl)c1. The molecule has 0 bridgehead atoms. The van der Waals surface area contributed by atoms with E-state index in [-0.39, 0.29) is 11.4 Å². The molecule has 1 aliphatic carbocycles. The topological polar surface area (TPSA) is 12.0 Å². The highest BCUT2D eigenvalue weighted by Crippen LogP contribution is 2.29. The molecule has 1 aromatic rings. The van der Waals surface area contributed by atoms with Gasteiger partial charge in [0.15, 0.2) is 0 Å². The summed E-state index contributed by atoms with van der Waals surface area (Å²) >= 11 is 6.21. The minimum Gasteiger partial charge on any atom is -0.308 e. The smallest absolute Gasteiger partial charge is 0.308 e. The Kier molecular flexibility index (Phi) is 4.74. The number of halogens is 4. The van der Waals surface area contributed by atoms with E-state index < -0.39 is 11.7 Å². The molecule has 0 heterocycles. The molecule has 1 aliphatic rings. The van der Waals surface area contributed by atoms with Crippen LogP contribution in [0, 0.1) is 0 Å². The van der Waals surface area contributed by atoms with Crippen molar-refractivity contribution in [1.29, 1.82) is 0 Å².